The Kier molecular flexibility index (Phi) is 13.2. The molecule has 1 rings (SSSR count). The van der Waals surface area contributed by atoms with Gasteiger partial charge < -0.3 is 10.1 Å². The molecule has 0 aromatic heterocycles. The average Bonchev–Trinajstić information content (AvgIpc) is 2.91. The number of hydrogen-bond donors (Lipinski definition) is 1. The maximum atomic E-state index is 5.82. The first-order valence-electron chi connectivity index (χ1n) is 10.1. The molecule has 1 heterocycles. The topological polar surface area (TPSA) is 21.3 Å². The van der Waals surface area contributed by atoms with Crippen LogP contribution in [0.2, 0.25) is 6.32 Å². The first-order chi connectivity index (χ1) is 11.3. The third-order valence-corrected chi connectivity index (χ3v) is 4.95. The van der Waals surface area contributed by atoms with Crippen LogP contribution >= 0.6 is 0 Å². The molecule has 1 fully saturated rings. The van der Waals surface area contributed by atoms with E-state index in [0.717, 1.165) is 13.0 Å². The molecule has 23 heavy (non-hydrogen) atoms. The van der Waals surface area contributed by atoms with Gasteiger partial charge in [-0.15, -0.1) is 0 Å². The average molecular weight is 317 g/mol. The molecule has 0 amide bonds. The van der Waals surface area contributed by atoms with Crippen LogP contribution in [0, 0.1) is 0 Å². The summed E-state index contributed by atoms with van der Waals surface area (Å²) in [6.07, 6.45) is 18.3. The molecular weight excluding hydrogens is 280 g/mol. The molecule has 1 saturated heterocycles. The van der Waals surface area contributed by atoms with Gasteiger partial charge in [-0.2, -0.15) is 0 Å². The highest BCUT2D eigenvalue weighted by atomic mass is 16.5. The van der Waals surface area contributed by atoms with E-state index in [9.17, 15) is 0 Å². The number of ether oxygens (including phenoxy) is 1. The molecule has 0 aromatic carbocycles. The van der Waals surface area contributed by atoms with Crippen molar-refractivity contribution in [2.75, 3.05) is 6.54 Å². The van der Waals surface area contributed by atoms with E-state index in [-0.39, 0.29) is 12.1 Å². The van der Waals surface area contributed by atoms with Crippen molar-refractivity contribution in [1.29, 1.82) is 0 Å². The van der Waals surface area contributed by atoms with Gasteiger partial charge in [-0.1, -0.05) is 83.9 Å². The van der Waals surface area contributed by atoms with E-state index in [1.165, 1.54) is 77.0 Å². The molecule has 130 valence electrons. The predicted molar refractivity (Wildman–Crippen MR) is 102 cm³/mol. The van der Waals surface area contributed by atoms with E-state index < -0.39 is 0 Å². The van der Waals surface area contributed by atoms with Gasteiger partial charge >= 0.3 is 0 Å². The fourth-order valence-electron chi connectivity index (χ4n) is 3.47. The monoisotopic (exact) mass is 317 g/mol. The largest absolute Gasteiger partial charge is 0.384 e. The summed E-state index contributed by atoms with van der Waals surface area (Å²) >= 11 is 0. The number of rotatable bonds is 15. The Morgan fingerprint density at radius 2 is 1.39 bits per heavy atom. The Labute approximate surface area is 147 Å². The van der Waals surface area contributed by atoms with Crippen molar-refractivity contribution in [3.63, 3.8) is 0 Å². The van der Waals surface area contributed by atoms with E-state index in [4.69, 9.17) is 20.4 Å². The lowest BCUT2D eigenvalue weighted by Crippen LogP contribution is -2.36. The molecule has 0 spiro atoms. The van der Waals surface area contributed by atoms with Crippen LogP contribution in [-0.4, -0.2) is 40.4 Å². The second-order valence-corrected chi connectivity index (χ2v) is 7.13. The summed E-state index contributed by atoms with van der Waals surface area (Å²) in [6, 6.07) is 0.214. The molecule has 2 nitrogen and oxygen atoms in total. The third-order valence-electron chi connectivity index (χ3n) is 4.95. The Morgan fingerprint density at radius 3 is 1.91 bits per heavy atom. The zero-order valence-electron chi connectivity index (χ0n) is 15.4. The minimum Gasteiger partial charge on any atom is -0.384 e. The minimum absolute atomic E-state index is 0.0994. The van der Waals surface area contributed by atoms with Gasteiger partial charge in [-0.25, -0.2) is 0 Å². The highest BCUT2D eigenvalue weighted by molar-refractivity contribution is 6.11. The van der Waals surface area contributed by atoms with Crippen molar-refractivity contribution in [2.45, 2.75) is 115 Å². The van der Waals surface area contributed by atoms with Gasteiger partial charge in [0, 0.05) is 12.0 Å². The van der Waals surface area contributed by atoms with Gasteiger partial charge in [-0.05, 0) is 19.4 Å². The number of nitrogens with one attached hydrogen (secondary N) is 1. The van der Waals surface area contributed by atoms with Crippen LogP contribution in [0.15, 0.2) is 0 Å². The normalized spacial score (nSPS) is 24.3. The standard InChI is InChI=1S/C19H37B2NO/c1-2-3-4-5-6-7-8-9-10-11-12-13-14-22-17-15-19(21)23-18(17)16-20/h17-19,22H,2-16H2,1H3. The van der Waals surface area contributed by atoms with Crippen LogP contribution in [0.4, 0.5) is 0 Å². The molecule has 0 aromatic rings. The molecule has 4 heteroatoms. The van der Waals surface area contributed by atoms with E-state index in [1.54, 1.807) is 0 Å². The molecule has 0 bridgehead atoms. The van der Waals surface area contributed by atoms with Crippen LogP contribution in [0.5, 0.6) is 0 Å². The quantitative estimate of drug-likeness (QED) is 0.354. The van der Waals surface area contributed by atoms with Crippen molar-refractivity contribution >= 4 is 15.7 Å². The van der Waals surface area contributed by atoms with Gasteiger partial charge in [0.05, 0.1) is 14.0 Å². The smallest absolute Gasteiger partial charge is 0.109 e. The van der Waals surface area contributed by atoms with Crippen molar-refractivity contribution < 1.29 is 4.74 Å². The van der Waals surface area contributed by atoms with Gasteiger partial charge in [0.15, 0.2) is 0 Å². The Bertz CT molecular complexity index is 266. The maximum Gasteiger partial charge on any atom is 0.109 e. The third kappa shape index (κ3) is 10.5. The highest BCUT2D eigenvalue weighted by Gasteiger charge is 2.30. The highest BCUT2D eigenvalue weighted by Crippen LogP contribution is 2.20. The fourth-order valence-corrected chi connectivity index (χ4v) is 3.47. The molecule has 0 aliphatic carbocycles. The maximum absolute atomic E-state index is 5.82. The van der Waals surface area contributed by atoms with E-state index >= 15 is 0 Å². The molecule has 0 saturated carbocycles. The van der Waals surface area contributed by atoms with E-state index in [0.29, 0.717) is 12.4 Å². The Hall–Kier alpha value is 0.0499. The van der Waals surface area contributed by atoms with Crippen molar-refractivity contribution in [3.8, 4) is 0 Å². The summed E-state index contributed by atoms with van der Waals surface area (Å²) in [5.74, 6) is 0. The summed E-state index contributed by atoms with van der Waals surface area (Å²) in [4.78, 5) is 0. The summed E-state index contributed by atoms with van der Waals surface area (Å²) in [5.41, 5.74) is 0. The zero-order valence-corrected chi connectivity index (χ0v) is 15.4. The summed E-state index contributed by atoms with van der Waals surface area (Å²) < 4.78 is 5.58. The fraction of sp³-hybridized carbons (Fsp3) is 1.00. The Morgan fingerprint density at radius 1 is 0.870 bits per heavy atom. The second kappa shape index (κ2) is 14.4. The summed E-state index contributed by atoms with van der Waals surface area (Å²) in [6.45, 7) is 3.34. The van der Waals surface area contributed by atoms with Gasteiger partial charge in [0.2, 0.25) is 0 Å². The van der Waals surface area contributed by atoms with Crippen LogP contribution in [0.3, 0.4) is 0 Å². The lowest BCUT2D eigenvalue weighted by atomic mass is 9.91. The number of unbranched alkanes of at least 4 members (excludes halogenated alkanes) is 11. The summed E-state index contributed by atoms with van der Waals surface area (Å²) in [5, 5.41) is 3.56. The van der Waals surface area contributed by atoms with Crippen LogP contribution in [0.1, 0.15) is 90.4 Å². The van der Waals surface area contributed by atoms with Gasteiger partial charge in [0.25, 0.3) is 0 Å². The number of hydrogen-bond acceptors (Lipinski definition) is 2. The van der Waals surface area contributed by atoms with E-state index in [1.807, 2.05) is 0 Å². The Balaban J connectivity index is 1.80. The lowest BCUT2D eigenvalue weighted by molar-refractivity contribution is 0.0920. The van der Waals surface area contributed by atoms with Crippen molar-refractivity contribution in [3.05, 3.63) is 0 Å². The van der Waals surface area contributed by atoms with E-state index in [2.05, 4.69) is 12.2 Å². The predicted octanol–water partition coefficient (Wildman–Crippen LogP) is 4.52. The minimum atomic E-state index is -0.136. The first kappa shape index (κ1) is 21.1. The molecule has 3 unspecified atom stereocenters. The molecule has 3 atom stereocenters. The molecule has 4 radical (unpaired) electrons. The van der Waals surface area contributed by atoms with Crippen LogP contribution < -0.4 is 5.32 Å². The SMILES string of the molecule is [B]CC1OC([B])CC1NCCCCCCCCCCCCCC. The molecule has 1 aliphatic rings. The molecule has 1 N–H and O–H groups in total. The van der Waals surface area contributed by atoms with Gasteiger partial charge in [-0.3, -0.25) is 0 Å². The zero-order chi connectivity index (χ0) is 16.8. The molecule has 1 aliphatic heterocycles. The van der Waals surface area contributed by atoms with Crippen LogP contribution in [0.25, 0.3) is 0 Å². The first-order valence-corrected chi connectivity index (χ1v) is 10.1. The summed E-state index contributed by atoms with van der Waals surface area (Å²) in [7, 11) is 11.5. The van der Waals surface area contributed by atoms with Crippen LogP contribution in [-0.2, 0) is 4.74 Å². The van der Waals surface area contributed by atoms with Crippen molar-refractivity contribution in [2.24, 2.45) is 0 Å². The second-order valence-electron chi connectivity index (χ2n) is 7.13. The molecular formula is C19H37B2NO. The van der Waals surface area contributed by atoms with Gasteiger partial charge in [0.1, 0.15) is 7.85 Å². The van der Waals surface area contributed by atoms with Crippen molar-refractivity contribution in [1.82, 2.24) is 5.32 Å². The lowest BCUT2D eigenvalue weighted by Gasteiger charge is -2.18.